The van der Waals surface area contributed by atoms with E-state index in [1.54, 1.807) is 14.2 Å². The Morgan fingerprint density at radius 1 is 1.39 bits per heavy atom. The van der Waals surface area contributed by atoms with Gasteiger partial charge in [0.15, 0.2) is 0 Å². The van der Waals surface area contributed by atoms with E-state index in [0.717, 1.165) is 0 Å². The third-order valence-electron chi connectivity index (χ3n) is 3.02. The summed E-state index contributed by atoms with van der Waals surface area (Å²) in [6.45, 7) is 1.93. The van der Waals surface area contributed by atoms with Crippen molar-refractivity contribution < 1.29 is 13.5 Å². The van der Waals surface area contributed by atoms with Crippen molar-refractivity contribution in [3.63, 3.8) is 0 Å². The van der Waals surface area contributed by atoms with E-state index in [1.165, 1.54) is 12.1 Å². The highest BCUT2D eigenvalue weighted by molar-refractivity contribution is 9.10. The topological polar surface area (TPSA) is 21.3 Å². The molecule has 1 aromatic carbocycles. The molecule has 2 unspecified atom stereocenters. The van der Waals surface area contributed by atoms with Gasteiger partial charge in [0.1, 0.15) is 11.6 Å². The minimum absolute atomic E-state index is 0.0294. The van der Waals surface area contributed by atoms with Crippen LogP contribution in [0.25, 0.3) is 0 Å². The summed E-state index contributed by atoms with van der Waals surface area (Å²) in [4.78, 5) is 0. The highest BCUT2D eigenvalue weighted by atomic mass is 79.9. The maximum atomic E-state index is 13.8. The van der Waals surface area contributed by atoms with Crippen LogP contribution in [-0.4, -0.2) is 26.3 Å². The molecule has 0 amide bonds. The minimum Gasteiger partial charge on any atom is -0.382 e. The van der Waals surface area contributed by atoms with E-state index < -0.39 is 11.6 Å². The van der Waals surface area contributed by atoms with Gasteiger partial charge < -0.3 is 10.1 Å². The number of benzene rings is 1. The second-order valence-corrected chi connectivity index (χ2v) is 5.15. The predicted molar refractivity (Wildman–Crippen MR) is 71.7 cm³/mol. The van der Waals surface area contributed by atoms with Gasteiger partial charge in [-0.3, -0.25) is 0 Å². The van der Waals surface area contributed by atoms with Crippen LogP contribution in [0.5, 0.6) is 0 Å². The van der Waals surface area contributed by atoms with Gasteiger partial charge in [-0.15, -0.1) is 0 Å². The number of methoxy groups -OCH3 is 1. The lowest BCUT2D eigenvalue weighted by atomic mass is 10.0. The molecule has 5 heteroatoms. The third kappa shape index (κ3) is 4.00. The van der Waals surface area contributed by atoms with Crippen LogP contribution in [0.15, 0.2) is 16.6 Å². The first-order valence-electron chi connectivity index (χ1n) is 5.82. The first kappa shape index (κ1) is 15.5. The standard InChI is InChI=1S/C13H18BrF2NO/c1-8(18-3)6-9(17-2)7-10-12(15)5-4-11(14)13(10)16/h4-5,8-9,17H,6-7H2,1-3H3. The maximum absolute atomic E-state index is 13.8. The Morgan fingerprint density at radius 2 is 2.06 bits per heavy atom. The molecule has 1 N–H and O–H groups in total. The Bertz CT molecular complexity index is 401. The first-order valence-corrected chi connectivity index (χ1v) is 6.61. The van der Waals surface area contributed by atoms with E-state index in [1.807, 2.05) is 6.92 Å². The fourth-order valence-corrected chi connectivity index (χ4v) is 2.17. The lowest BCUT2D eigenvalue weighted by molar-refractivity contribution is 0.101. The average Bonchev–Trinajstić information content (AvgIpc) is 2.37. The fourth-order valence-electron chi connectivity index (χ4n) is 1.80. The molecule has 102 valence electrons. The quantitative estimate of drug-likeness (QED) is 0.812. The maximum Gasteiger partial charge on any atom is 0.143 e. The molecule has 2 nitrogen and oxygen atoms in total. The van der Waals surface area contributed by atoms with Crippen molar-refractivity contribution in [3.8, 4) is 0 Å². The van der Waals surface area contributed by atoms with Gasteiger partial charge in [-0.25, -0.2) is 8.78 Å². The van der Waals surface area contributed by atoms with Crippen molar-refractivity contribution in [2.75, 3.05) is 14.2 Å². The van der Waals surface area contributed by atoms with Gasteiger partial charge in [0.2, 0.25) is 0 Å². The number of nitrogens with one attached hydrogen (secondary N) is 1. The van der Waals surface area contributed by atoms with Gasteiger partial charge in [-0.05, 0) is 54.9 Å². The molecule has 0 bridgehead atoms. The molecule has 0 spiro atoms. The molecule has 18 heavy (non-hydrogen) atoms. The van der Waals surface area contributed by atoms with Crippen LogP contribution in [0.3, 0.4) is 0 Å². The molecular weight excluding hydrogens is 304 g/mol. The number of hydrogen-bond donors (Lipinski definition) is 1. The zero-order chi connectivity index (χ0) is 13.7. The molecule has 0 aliphatic rings. The van der Waals surface area contributed by atoms with Gasteiger partial charge in [0.05, 0.1) is 10.6 Å². The summed E-state index contributed by atoms with van der Waals surface area (Å²) in [5.41, 5.74) is 0.104. The third-order valence-corrected chi connectivity index (χ3v) is 3.63. The zero-order valence-electron chi connectivity index (χ0n) is 10.8. The lowest BCUT2D eigenvalue weighted by Crippen LogP contribution is -2.32. The monoisotopic (exact) mass is 321 g/mol. The summed E-state index contributed by atoms with van der Waals surface area (Å²) < 4.78 is 32.9. The number of halogens is 3. The molecule has 0 saturated carbocycles. The van der Waals surface area contributed by atoms with Crippen molar-refractivity contribution >= 4 is 15.9 Å². The zero-order valence-corrected chi connectivity index (χ0v) is 12.4. The fraction of sp³-hybridized carbons (Fsp3) is 0.538. The predicted octanol–water partition coefficient (Wildman–Crippen LogP) is 3.28. The molecule has 0 saturated heterocycles. The summed E-state index contributed by atoms with van der Waals surface area (Å²) in [6.07, 6.45) is 1.03. The van der Waals surface area contributed by atoms with Crippen LogP contribution in [0.1, 0.15) is 18.9 Å². The van der Waals surface area contributed by atoms with Crippen molar-refractivity contribution in [3.05, 3.63) is 33.8 Å². The number of rotatable bonds is 6. The van der Waals surface area contributed by atoms with Crippen molar-refractivity contribution in [2.24, 2.45) is 0 Å². The molecule has 0 heterocycles. The summed E-state index contributed by atoms with van der Waals surface area (Å²) in [6, 6.07) is 2.62. The molecule has 1 rings (SSSR count). The van der Waals surface area contributed by atoms with Crippen LogP contribution in [0.2, 0.25) is 0 Å². The smallest absolute Gasteiger partial charge is 0.143 e. The van der Waals surface area contributed by atoms with Gasteiger partial charge in [0.25, 0.3) is 0 Å². The second kappa shape index (κ2) is 7.16. The lowest BCUT2D eigenvalue weighted by Gasteiger charge is -2.20. The Labute approximate surface area is 115 Å². The number of ether oxygens (including phenoxy) is 1. The molecule has 0 fully saturated rings. The van der Waals surface area contributed by atoms with Gasteiger partial charge >= 0.3 is 0 Å². The van der Waals surface area contributed by atoms with Crippen LogP contribution in [0.4, 0.5) is 8.78 Å². The van der Waals surface area contributed by atoms with E-state index in [4.69, 9.17) is 4.74 Å². The van der Waals surface area contributed by atoms with Crippen molar-refractivity contribution in [1.29, 1.82) is 0 Å². The van der Waals surface area contributed by atoms with E-state index >= 15 is 0 Å². The van der Waals surface area contributed by atoms with Crippen LogP contribution >= 0.6 is 15.9 Å². The van der Waals surface area contributed by atoms with E-state index in [-0.39, 0.29) is 22.2 Å². The van der Waals surface area contributed by atoms with Crippen LogP contribution in [0, 0.1) is 11.6 Å². The number of likely N-dealkylation sites (N-methyl/N-ethyl adjacent to an activating group) is 1. The normalized spacial score (nSPS) is 14.6. The first-order chi connectivity index (χ1) is 8.49. The Morgan fingerprint density at radius 3 is 2.61 bits per heavy atom. The summed E-state index contributed by atoms with van der Waals surface area (Å²) in [5, 5.41) is 3.06. The summed E-state index contributed by atoms with van der Waals surface area (Å²) in [7, 11) is 3.40. The number of hydrogen-bond acceptors (Lipinski definition) is 2. The SMILES string of the molecule is CNC(Cc1c(F)ccc(Br)c1F)CC(C)OC. The van der Waals surface area contributed by atoms with E-state index in [0.29, 0.717) is 12.8 Å². The molecule has 0 aliphatic carbocycles. The molecule has 1 aromatic rings. The van der Waals surface area contributed by atoms with Gasteiger partial charge in [-0.2, -0.15) is 0 Å². The van der Waals surface area contributed by atoms with Gasteiger partial charge in [0, 0.05) is 18.7 Å². The Hall–Kier alpha value is -0.520. The highest BCUT2D eigenvalue weighted by Gasteiger charge is 2.18. The Kier molecular flexibility index (Phi) is 6.18. The van der Waals surface area contributed by atoms with Crippen molar-refractivity contribution in [1.82, 2.24) is 5.32 Å². The Balaban J connectivity index is 2.85. The largest absolute Gasteiger partial charge is 0.382 e. The van der Waals surface area contributed by atoms with Crippen LogP contribution < -0.4 is 5.32 Å². The average molecular weight is 322 g/mol. The summed E-state index contributed by atoms with van der Waals surface area (Å²) >= 11 is 3.07. The molecular formula is C13H18BrF2NO. The van der Waals surface area contributed by atoms with Crippen molar-refractivity contribution in [2.45, 2.75) is 31.9 Å². The molecule has 0 aromatic heterocycles. The second-order valence-electron chi connectivity index (χ2n) is 4.29. The minimum atomic E-state index is -0.527. The van der Waals surface area contributed by atoms with Gasteiger partial charge in [-0.1, -0.05) is 0 Å². The highest BCUT2D eigenvalue weighted by Crippen LogP contribution is 2.23. The summed E-state index contributed by atoms with van der Waals surface area (Å²) in [5.74, 6) is -1.04. The van der Waals surface area contributed by atoms with Crippen LogP contribution in [-0.2, 0) is 11.2 Å². The van der Waals surface area contributed by atoms with E-state index in [2.05, 4.69) is 21.2 Å². The molecule has 0 radical (unpaired) electrons. The molecule has 2 atom stereocenters. The van der Waals surface area contributed by atoms with E-state index in [9.17, 15) is 8.78 Å². The molecule has 0 aliphatic heterocycles.